The predicted molar refractivity (Wildman–Crippen MR) is 105 cm³/mol. The molecule has 0 N–H and O–H groups in total. The molecule has 0 saturated heterocycles. The Balaban J connectivity index is 1.56. The van der Waals surface area contributed by atoms with Crippen molar-refractivity contribution in [2.75, 3.05) is 0 Å². The van der Waals surface area contributed by atoms with Gasteiger partial charge >= 0.3 is 0 Å². The van der Waals surface area contributed by atoms with Crippen molar-refractivity contribution >= 4 is 6.08 Å². The number of hydrogen-bond donors (Lipinski definition) is 0. The van der Waals surface area contributed by atoms with Gasteiger partial charge in [-0.2, -0.15) is 0 Å². The van der Waals surface area contributed by atoms with E-state index in [-0.39, 0.29) is 0 Å². The Labute approximate surface area is 154 Å². The topological polar surface area (TPSA) is 18.5 Å². The van der Waals surface area contributed by atoms with Crippen LogP contribution in [0, 0.1) is 0 Å². The van der Waals surface area contributed by atoms with Crippen LogP contribution in [0.25, 0.3) is 6.08 Å². The molecule has 1 aliphatic rings. The van der Waals surface area contributed by atoms with Crippen molar-refractivity contribution in [2.45, 2.75) is 26.1 Å². The fourth-order valence-electron chi connectivity index (χ4n) is 3.13. The Morgan fingerprint density at radius 1 is 0.692 bits per heavy atom. The Morgan fingerprint density at radius 2 is 1.27 bits per heavy atom. The van der Waals surface area contributed by atoms with E-state index in [1.54, 1.807) is 0 Å². The summed E-state index contributed by atoms with van der Waals surface area (Å²) >= 11 is 0. The van der Waals surface area contributed by atoms with Crippen LogP contribution in [0.2, 0.25) is 0 Å². The number of fused-ring (bicyclic) bond motifs is 1. The van der Waals surface area contributed by atoms with Crippen LogP contribution in [-0.4, -0.2) is 0 Å². The van der Waals surface area contributed by atoms with Gasteiger partial charge in [-0.3, -0.25) is 0 Å². The second-order valence-electron chi connectivity index (χ2n) is 6.49. The lowest BCUT2D eigenvalue weighted by Crippen LogP contribution is -2.03. The van der Waals surface area contributed by atoms with Crippen LogP contribution in [0.1, 0.15) is 28.7 Å². The fourth-order valence-corrected chi connectivity index (χ4v) is 3.13. The normalized spacial score (nSPS) is 12.5. The Bertz CT molecular complexity index is 883. The molecule has 0 aromatic heterocycles. The van der Waals surface area contributed by atoms with Gasteiger partial charge in [0.05, 0.1) is 0 Å². The molecule has 2 heteroatoms. The summed E-state index contributed by atoms with van der Waals surface area (Å²) in [4.78, 5) is 0. The lowest BCUT2D eigenvalue weighted by atomic mass is 9.97. The van der Waals surface area contributed by atoms with Gasteiger partial charge in [0, 0.05) is 0 Å². The molecular formula is C24H22O2. The summed E-state index contributed by atoms with van der Waals surface area (Å²) in [6, 6.07) is 24.7. The van der Waals surface area contributed by atoms with Gasteiger partial charge in [0.25, 0.3) is 0 Å². The van der Waals surface area contributed by atoms with E-state index in [1.165, 1.54) is 11.1 Å². The van der Waals surface area contributed by atoms with Crippen molar-refractivity contribution in [2.24, 2.45) is 0 Å². The summed E-state index contributed by atoms with van der Waals surface area (Å²) < 4.78 is 12.2. The molecule has 0 radical (unpaired) electrons. The maximum Gasteiger partial charge on any atom is 0.162 e. The third kappa shape index (κ3) is 3.97. The Kier molecular flexibility index (Phi) is 5.02. The van der Waals surface area contributed by atoms with E-state index in [4.69, 9.17) is 9.47 Å². The van der Waals surface area contributed by atoms with E-state index >= 15 is 0 Å². The van der Waals surface area contributed by atoms with Gasteiger partial charge in [0.2, 0.25) is 0 Å². The zero-order valence-corrected chi connectivity index (χ0v) is 14.7. The quantitative estimate of drug-likeness (QED) is 0.563. The van der Waals surface area contributed by atoms with Gasteiger partial charge in [0.1, 0.15) is 13.2 Å². The monoisotopic (exact) mass is 342 g/mol. The van der Waals surface area contributed by atoms with Gasteiger partial charge < -0.3 is 9.47 Å². The molecule has 0 amide bonds. The van der Waals surface area contributed by atoms with Gasteiger partial charge in [-0.05, 0) is 47.2 Å². The summed E-state index contributed by atoms with van der Waals surface area (Å²) in [6.07, 6.45) is 6.52. The minimum atomic E-state index is 0.533. The van der Waals surface area contributed by atoms with Crippen molar-refractivity contribution in [1.29, 1.82) is 0 Å². The molecule has 3 aromatic rings. The molecule has 1 aliphatic carbocycles. The molecule has 3 aromatic carbocycles. The third-order valence-corrected chi connectivity index (χ3v) is 4.56. The molecule has 0 saturated carbocycles. The highest BCUT2D eigenvalue weighted by atomic mass is 16.5. The van der Waals surface area contributed by atoms with E-state index in [0.29, 0.717) is 13.2 Å². The standard InChI is InChI=1S/C24H22O2/c1-3-9-19(10-4-1)17-25-23-15-21-13-7-8-14-22(21)16-24(23)26-18-20-11-5-2-6-12-20/h1-7,9-13,15-16H,8,14,17-18H2. The van der Waals surface area contributed by atoms with Crippen molar-refractivity contribution in [3.05, 3.63) is 101 Å². The van der Waals surface area contributed by atoms with Gasteiger partial charge in [-0.25, -0.2) is 0 Å². The van der Waals surface area contributed by atoms with E-state index < -0.39 is 0 Å². The molecular weight excluding hydrogens is 320 g/mol. The highest BCUT2D eigenvalue weighted by molar-refractivity contribution is 5.62. The second kappa shape index (κ2) is 7.92. The molecule has 130 valence electrons. The number of hydrogen-bond acceptors (Lipinski definition) is 2. The van der Waals surface area contributed by atoms with Crippen LogP contribution in [-0.2, 0) is 19.6 Å². The minimum Gasteiger partial charge on any atom is -0.485 e. The molecule has 0 unspecified atom stereocenters. The average molecular weight is 342 g/mol. The smallest absolute Gasteiger partial charge is 0.162 e. The fraction of sp³-hybridized carbons (Fsp3) is 0.167. The van der Waals surface area contributed by atoms with Gasteiger partial charge in [-0.15, -0.1) is 0 Å². The highest BCUT2D eigenvalue weighted by Crippen LogP contribution is 2.35. The first-order valence-electron chi connectivity index (χ1n) is 9.05. The zero-order valence-electron chi connectivity index (χ0n) is 14.7. The zero-order chi connectivity index (χ0) is 17.6. The summed E-state index contributed by atoms with van der Waals surface area (Å²) in [6.45, 7) is 1.07. The van der Waals surface area contributed by atoms with Crippen LogP contribution < -0.4 is 9.47 Å². The summed E-state index contributed by atoms with van der Waals surface area (Å²) in [7, 11) is 0. The van der Waals surface area contributed by atoms with E-state index in [2.05, 4.69) is 48.6 Å². The van der Waals surface area contributed by atoms with Crippen molar-refractivity contribution in [3.8, 4) is 11.5 Å². The lowest BCUT2D eigenvalue weighted by molar-refractivity contribution is 0.255. The minimum absolute atomic E-state index is 0.533. The van der Waals surface area contributed by atoms with Crippen LogP contribution in [0.15, 0.2) is 78.9 Å². The second-order valence-corrected chi connectivity index (χ2v) is 6.49. The van der Waals surface area contributed by atoms with E-state index in [9.17, 15) is 0 Å². The molecule has 0 spiro atoms. The van der Waals surface area contributed by atoms with E-state index in [0.717, 1.165) is 35.5 Å². The summed E-state index contributed by atoms with van der Waals surface area (Å²) in [5, 5.41) is 0. The maximum atomic E-state index is 6.13. The lowest BCUT2D eigenvalue weighted by Gasteiger charge is -2.18. The van der Waals surface area contributed by atoms with Crippen molar-refractivity contribution in [1.82, 2.24) is 0 Å². The van der Waals surface area contributed by atoms with Gasteiger partial charge in [-0.1, -0.05) is 72.8 Å². The molecule has 0 atom stereocenters. The average Bonchev–Trinajstić information content (AvgIpc) is 2.72. The van der Waals surface area contributed by atoms with Crippen LogP contribution >= 0.6 is 0 Å². The summed E-state index contributed by atoms with van der Waals surface area (Å²) in [5.41, 5.74) is 4.85. The Hall–Kier alpha value is -3.00. The number of benzene rings is 3. The molecule has 0 heterocycles. The summed E-state index contributed by atoms with van der Waals surface area (Å²) in [5.74, 6) is 1.62. The molecule has 0 fully saturated rings. The van der Waals surface area contributed by atoms with Crippen LogP contribution in [0.3, 0.4) is 0 Å². The number of ether oxygens (including phenoxy) is 2. The van der Waals surface area contributed by atoms with Crippen molar-refractivity contribution in [3.63, 3.8) is 0 Å². The molecule has 26 heavy (non-hydrogen) atoms. The Morgan fingerprint density at radius 3 is 1.88 bits per heavy atom. The van der Waals surface area contributed by atoms with Gasteiger partial charge in [0.15, 0.2) is 11.5 Å². The molecule has 4 rings (SSSR count). The highest BCUT2D eigenvalue weighted by Gasteiger charge is 2.13. The number of rotatable bonds is 6. The number of aryl methyl sites for hydroxylation is 1. The largest absolute Gasteiger partial charge is 0.485 e. The first-order valence-corrected chi connectivity index (χ1v) is 9.05. The van der Waals surface area contributed by atoms with Crippen LogP contribution in [0.4, 0.5) is 0 Å². The predicted octanol–water partition coefficient (Wildman–Crippen LogP) is 5.80. The molecule has 2 nitrogen and oxygen atoms in total. The first kappa shape index (κ1) is 16.5. The molecule has 0 bridgehead atoms. The SMILES string of the molecule is C1=Cc2cc(OCc3ccccc3)c(OCc3ccccc3)cc2CC1. The molecule has 0 aliphatic heterocycles. The third-order valence-electron chi connectivity index (χ3n) is 4.56. The van der Waals surface area contributed by atoms with Crippen molar-refractivity contribution < 1.29 is 9.47 Å². The number of allylic oxidation sites excluding steroid dienone is 1. The van der Waals surface area contributed by atoms with E-state index in [1.807, 2.05) is 36.4 Å². The maximum absolute atomic E-state index is 6.13. The first-order chi connectivity index (χ1) is 12.9. The van der Waals surface area contributed by atoms with Crippen LogP contribution in [0.5, 0.6) is 11.5 Å².